The number of para-hydroxylation sites is 3. The standard InChI is InChI=1S/C23H24N2/c1-17(15-16-24-2)19-12-8-13-21-20-11-6-7-14-22(20)25(23(19)21)18-9-4-3-5-10-18/h3-14,17,24H,15-16H2,1-2H3. The van der Waals surface area contributed by atoms with Crippen LogP contribution in [0.1, 0.15) is 24.8 Å². The molecular formula is C23H24N2. The first-order chi connectivity index (χ1) is 12.3. The SMILES string of the molecule is CNCCC(C)c1cccc2c3ccccc3n(-c3ccccc3)c12. The maximum atomic E-state index is 3.28. The maximum absolute atomic E-state index is 3.28. The van der Waals surface area contributed by atoms with Gasteiger partial charge in [-0.25, -0.2) is 0 Å². The Kier molecular flexibility index (Phi) is 4.29. The van der Waals surface area contributed by atoms with E-state index in [-0.39, 0.29) is 0 Å². The van der Waals surface area contributed by atoms with E-state index in [9.17, 15) is 0 Å². The molecule has 1 aromatic heterocycles. The van der Waals surface area contributed by atoms with Crippen molar-refractivity contribution in [1.82, 2.24) is 9.88 Å². The largest absolute Gasteiger partial charge is 0.320 e. The predicted molar refractivity (Wildman–Crippen MR) is 108 cm³/mol. The quantitative estimate of drug-likeness (QED) is 0.512. The summed E-state index contributed by atoms with van der Waals surface area (Å²) in [5.74, 6) is 0.503. The molecule has 0 saturated carbocycles. The average molecular weight is 328 g/mol. The Bertz CT molecular complexity index is 999. The molecule has 0 radical (unpaired) electrons. The number of hydrogen-bond acceptors (Lipinski definition) is 1. The second kappa shape index (κ2) is 6.73. The van der Waals surface area contributed by atoms with Crippen LogP contribution in [0.5, 0.6) is 0 Å². The summed E-state index contributed by atoms with van der Waals surface area (Å²) in [6.45, 7) is 3.36. The molecule has 1 unspecified atom stereocenters. The monoisotopic (exact) mass is 328 g/mol. The molecule has 25 heavy (non-hydrogen) atoms. The van der Waals surface area contributed by atoms with Gasteiger partial charge in [0.1, 0.15) is 0 Å². The van der Waals surface area contributed by atoms with Gasteiger partial charge in [0.15, 0.2) is 0 Å². The van der Waals surface area contributed by atoms with Crippen molar-refractivity contribution in [2.24, 2.45) is 0 Å². The molecule has 0 aliphatic heterocycles. The molecular weight excluding hydrogens is 304 g/mol. The van der Waals surface area contributed by atoms with Crippen molar-refractivity contribution in [2.45, 2.75) is 19.3 Å². The van der Waals surface area contributed by atoms with Crippen molar-refractivity contribution in [3.05, 3.63) is 78.4 Å². The van der Waals surface area contributed by atoms with Crippen molar-refractivity contribution in [3.8, 4) is 5.69 Å². The van der Waals surface area contributed by atoms with Crippen molar-refractivity contribution in [1.29, 1.82) is 0 Å². The van der Waals surface area contributed by atoms with Gasteiger partial charge in [-0.1, -0.05) is 61.5 Å². The number of nitrogens with one attached hydrogen (secondary N) is 1. The summed E-state index contributed by atoms with van der Waals surface area (Å²) in [7, 11) is 2.02. The minimum atomic E-state index is 0.503. The molecule has 0 bridgehead atoms. The first-order valence-corrected chi connectivity index (χ1v) is 9.03. The Labute approximate surface area is 149 Å². The highest BCUT2D eigenvalue weighted by molar-refractivity contribution is 6.10. The van der Waals surface area contributed by atoms with Crippen LogP contribution in [-0.4, -0.2) is 18.2 Å². The Hall–Kier alpha value is -2.58. The normalized spacial score (nSPS) is 12.7. The zero-order chi connectivity index (χ0) is 17.2. The van der Waals surface area contributed by atoms with Gasteiger partial charge in [-0.3, -0.25) is 0 Å². The van der Waals surface area contributed by atoms with Gasteiger partial charge >= 0.3 is 0 Å². The molecule has 0 aliphatic rings. The van der Waals surface area contributed by atoms with E-state index in [1.54, 1.807) is 0 Å². The van der Waals surface area contributed by atoms with Crippen molar-refractivity contribution < 1.29 is 0 Å². The van der Waals surface area contributed by atoms with E-state index in [2.05, 4.69) is 89.6 Å². The minimum Gasteiger partial charge on any atom is -0.320 e. The molecule has 1 atom stereocenters. The Morgan fingerprint density at radius 3 is 2.36 bits per heavy atom. The van der Waals surface area contributed by atoms with Crippen LogP contribution in [0.2, 0.25) is 0 Å². The molecule has 4 aromatic rings. The van der Waals surface area contributed by atoms with Crippen LogP contribution in [-0.2, 0) is 0 Å². The molecule has 2 heteroatoms. The van der Waals surface area contributed by atoms with Crippen LogP contribution < -0.4 is 5.32 Å². The predicted octanol–water partition coefficient (Wildman–Crippen LogP) is 5.50. The van der Waals surface area contributed by atoms with Gasteiger partial charge in [0.05, 0.1) is 11.0 Å². The van der Waals surface area contributed by atoms with Crippen LogP contribution >= 0.6 is 0 Å². The summed E-state index contributed by atoms with van der Waals surface area (Å²) in [6, 6.07) is 26.2. The molecule has 0 fully saturated rings. The molecule has 0 amide bonds. The van der Waals surface area contributed by atoms with Crippen LogP contribution in [0.4, 0.5) is 0 Å². The van der Waals surface area contributed by atoms with Gasteiger partial charge in [-0.05, 0) is 49.7 Å². The fourth-order valence-electron chi connectivity index (χ4n) is 3.80. The fraction of sp³-hybridized carbons (Fsp3) is 0.217. The molecule has 0 aliphatic carbocycles. The molecule has 1 heterocycles. The smallest absolute Gasteiger partial charge is 0.0575 e. The first-order valence-electron chi connectivity index (χ1n) is 9.03. The van der Waals surface area contributed by atoms with Gasteiger partial charge in [0.2, 0.25) is 0 Å². The Balaban J connectivity index is 2.06. The van der Waals surface area contributed by atoms with Crippen molar-refractivity contribution in [3.63, 3.8) is 0 Å². The third-order valence-electron chi connectivity index (χ3n) is 5.10. The molecule has 1 N–H and O–H groups in total. The summed E-state index contributed by atoms with van der Waals surface area (Å²) in [6.07, 6.45) is 1.13. The number of aromatic nitrogens is 1. The fourth-order valence-corrected chi connectivity index (χ4v) is 3.80. The third kappa shape index (κ3) is 2.73. The van der Waals surface area contributed by atoms with E-state index in [0.29, 0.717) is 5.92 Å². The van der Waals surface area contributed by atoms with E-state index in [1.807, 2.05) is 7.05 Å². The minimum absolute atomic E-state index is 0.503. The molecule has 126 valence electrons. The van der Waals surface area contributed by atoms with Crippen molar-refractivity contribution in [2.75, 3.05) is 13.6 Å². The number of rotatable bonds is 5. The summed E-state index contributed by atoms with van der Waals surface area (Å²) in [5.41, 5.74) is 5.27. The molecule has 0 spiro atoms. The van der Waals surface area contributed by atoms with Crippen molar-refractivity contribution >= 4 is 21.8 Å². The van der Waals surface area contributed by atoms with Crippen LogP contribution in [0.25, 0.3) is 27.5 Å². The second-order valence-electron chi connectivity index (χ2n) is 6.72. The lowest BCUT2D eigenvalue weighted by atomic mass is 9.95. The molecule has 3 aromatic carbocycles. The molecule has 2 nitrogen and oxygen atoms in total. The highest BCUT2D eigenvalue weighted by atomic mass is 15.0. The first kappa shape index (κ1) is 15.9. The van der Waals surface area contributed by atoms with Gasteiger partial charge in [-0.2, -0.15) is 0 Å². The Morgan fingerprint density at radius 2 is 1.56 bits per heavy atom. The highest BCUT2D eigenvalue weighted by Crippen LogP contribution is 2.36. The van der Waals surface area contributed by atoms with Gasteiger partial charge in [0.25, 0.3) is 0 Å². The van der Waals surface area contributed by atoms with Gasteiger partial charge in [0, 0.05) is 16.5 Å². The Morgan fingerprint density at radius 1 is 0.840 bits per heavy atom. The summed E-state index contributed by atoms with van der Waals surface area (Å²) < 4.78 is 2.43. The summed E-state index contributed by atoms with van der Waals surface area (Å²) in [5, 5.41) is 5.95. The van der Waals surface area contributed by atoms with E-state index in [1.165, 1.54) is 33.1 Å². The maximum Gasteiger partial charge on any atom is 0.0575 e. The zero-order valence-electron chi connectivity index (χ0n) is 14.9. The number of benzene rings is 3. The lowest BCUT2D eigenvalue weighted by Crippen LogP contribution is -2.11. The average Bonchev–Trinajstić information content (AvgIpc) is 3.01. The second-order valence-corrected chi connectivity index (χ2v) is 6.72. The summed E-state index contributed by atoms with van der Waals surface area (Å²) in [4.78, 5) is 0. The lowest BCUT2D eigenvalue weighted by molar-refractivity contribution is 0.638. The third-order valence-corrected chi connectivity index (χ3v) is 5.10. The van der Waals surface area contributed by atoms with E-state index in [0.717, 1.165) is 13.0 Å². The van der Waals surface area contributed by atoms with E-state index < -0.39 is 0 Å². The lowest BCUT2D eigenvalue weighted by Gasteiger charge is -2.16. The van der Waals surface area contributed by atoms with Crippen LogP contribution in [0.3, 0.4) is 0 Å². The van der Waals surface area contributed by atoms with Gasteiger partial charge in [-0.15, -0.1) is 0 Å². The topological polar surface area (TPSA) is 17.0 Å². The molecule has 0 saturated heterocycles. The number of fused-ring (bicyclic) bond motifs is 3. The summed E-state index contributed by atoms with van der Waals surface area (Å²) >= 11 is 0. The van der Waals surface area contributed by atoms with Crippen LogP contribution in [0.15, 0.2) is 72.8 Å². The highest BCUT2D eigenvalue weighted by Gasteiger charge is 2.17. The number of nitrogens with zero attached hydrogens (tertiary/aromatic N) is 1. The van der Waals surface area contributed by atoms with E-state index in [4.69, 9.17) is 0 Å². The zero-order valence-corrected chi connectivity index (χ0v) is 14.9. The van der Waals surface area contributed by atoms with Crippen LogP contribution in [0, 0.1) is 0 Å². The van der Waals surface area contributed by atoms with Gasteiger partial charge < -0.3 is 9.88 Å². The molecule has 4 rings (SSSR count). The van der Waals surface area contributed by atoms with E-state index >= 15 is 0 Å². The number of hydrogen-bond donors (Lipinski definition) is 1.